The third kappa shape index (κ3) is 2.60. The van der Waals surface area contributed by atoms with E-state index < -0.39 is 0 Å². The van der Waals surface area contributed by atoms with Gasteiger partial charge in [0.2, 0.25) is 0 Å². The van der Waals surface area contributed by atoms with Crippen LogP contribution in [0.5, 0.6) is 0 Å². The van der Waals surface area contributed by atoms with Crippen molar-refractivity contribution in [2.45, 2.75) is 31.7 Å². The molecule has 1 aliphatic rings. The van der Waals surface area contributed by atoms with Gasteiger partial charge in [-0.05, 0) is 36.6 Å². The summed E-state index contributed by atoms with van der Waals surface area (Å²) < 4.78 is 0.613. The van der Waals surface area contributed by atoms with Crippen molar-refractivity contribution in [2.24, 2.45) is 11.7 Å². The van der Waals surface area contributed by atoms with Crippen LogP contribution in [0.15, 0.2) is 11.4 Å². The standard InChI is InChI=1S/C11H14ClNOS/c12-11-9(3-4-15-11)10(14)6-7-1-2-8(13)5-7/h3-4,7-8H,1-2,5-6,13H2. The zero-order chi connectivity index (χ0) is 10.8. The van der Waals surface area contributed by atoms with Gasteiger partial charge in [0.25, 0.3) is 0 Å². The summed E-state index contributed by atoms with van der Waals surface area (Å²) in [7, 11) is 0. The monoisotopic (exact) mass is 243 g/mol. The Morgan fingerprint density at radius 2 is 2.40 bits per heavy atom. The van der Waals surface area contributed by atoms with Crippen molar-refractivity contribution in [3.05, 3.63) is 21.3 Å². The Balaban J connectivity index is 1.96. The van der Waals surface area contributed by atoms with Gasteiger partial charge in [0.1, 0.15) is 4.34 Å². The first-order valence-corrected chi connectivity index (χ1v) is 6.44. The molecule has 1 saturated carbocycles. The molecule has 2 unspecified atom stereocenters. The summed E-state index contributed by atoms with van der Waals surface area (Å²) in [6, 6.07) is 2.10. The Morgan fingerprint density at radius 1 is 1.60 bits per heavy atom. The zero-order valence-electron chi connectivity index (χ0n) is 8.41. The zero-order valence-corrected chi connectivity index (χ0v) is 9.98. The highest BCUT2D eigenvalue weighted by Crippen LogP contribution is 2.30. The number of rotatable bonds is 3. The van der Waals surface area contributed by atoms with Crippen LogP contribution in [-0.2, 0) is 0 Å². The Labute approximate surface area is 98.4 Å². The smallest absolute Gasteiger partial charge is 0.165 e. The molecule has 2 nitrogen and oxygen atoms in total. The summed E-state index contributed by atoms with van der Waals surface area (Å²) in [4.78, 5) is 11.9. The molecule has 1 heterocycles. The predicted octanol–water partition coefficient (Wildman–Crippen LogP) is 3.10. The van der Waals surface area contributed by atoms with Crippen molar-refractivity contribution in [2.75, 3.05) is 0 Å². The van der Waals surface area contributed by atoms with Crippen molar-refractivity contribution in [3.63, 3.8) is 0 Å². The van der Waals surface area contributed by atoms with E-state index in [0.29, 0.717) is 28.3 Å². The molecular weight excluding hydrogens is 230 g/mol. The topological polar surface area (TPSA) is 43.1 Å². The fourth-order valence-corrected chi connectivity index (χ4v) is 3.12. The second kappa shape index (κ2) is 4.64. The summed E-state index contributed by atoms with van der Waals surface area (Å²) in [6.45, 7) is 0. The highest BCUT2D eigenvalue weighted by molar-refractivity contribution is 7.14. The molecule has 0 spiro atoms. The van der Waals surface area contributed by atoms with Gasteiger partial charge in [-0.25, -0.2) is 0 Å². The van der Waals surface area contributed by atoms with E-state index in [1.165, 1.54) is 11.3 Å². The lowest BCUT2D eigenvalue weighted by Gasteiger charge is -2.07. The first-order valence-electron chi connectivity index (χ1n) is 5.18. The van der Waals surface area contributed by atoms with Crippen molar-refractivity contribution in [1.82, 2.24) is 0 Å². The third-order valence-electron chi connectivity index (χ3n) is 2.97. The predicted molar refractivity (Wildman–Crippen MR) is 63.6 cm³/mol. The van der Waals surface area contributed by atoms with Crippen LogP contribution in [0, 0.1) is 5.92 Å². The van der Waals surface area contributed by atoms with E-state index in [4.69, 9.17) is 17.3 Å². The minimum atomic E-state index is 0.167. The second-order valence-corrected chi connectivity index (χ2v) is 5.69. The lowest BCUT2D eigenvalue weighted by Crippen LogP contribution is -2.15. The number of carbonyl (C=O) groups excluding carboxylic acids is 1. The number of ketones is 1. The molecule has 1 fully saturated rings. The molecule has 15 heavy (non-hydrogen) atoms. The fraction of sp³-hybridized carbons (Fsp3) is 0.545. The van der Waals surface area contributed by atoms with Gasteiger partial charge >= 0.3 is 0 Å². The van der Waals surface area contributed by atoms with Gasteiger partial charge in [-0.2, -0.15) is 0 Å². The second-order valence-electron chi connectivity index (χ2n) is 4.17. The molecular formula is C11H14ClNOS. The molecule has 1 aromatic rings. The molecule has 0 amide bonds. The van der Waals surface area contributed by atoms with Crippen LogP contribution in [0.1, 0.15) is 36.0 Å². The largest absolute Gasteiger partial charge is 0.328 e. The minimum Gasteiger partial charge on any atom is -0.328 e. The summed E-state index contributed by atoms with van der Waals surface area (Å²) in [6.07, 6.45) is 3.71. The maximum absolute atomic E-state index is 11.9. The molecule has 0 aromatic carbocycles. The number of hydrogen-bond acceptors (Lipinski definition) is 3. The quantitative estimate of drug-likeness (QED) is 0.829. The first-order chi connectivity index (χ1) is 7.16. The average Bonchev–Trinajstić information content (AvgIpc) is 2.75. The number of carbonyl (C=O) groups is 1. The number of thiophene rings is 1. The Morgan fingerprint density at radius 3 is 2.93 bits per heavy atom. The highest BCUT2D eigenvalue weighted by Gasteiger charge is 2.25. The molecule has 2 rings (SSSR count). The Hall–Kier alpha value is -0.380. The van der Waals surface area contributed by atoms with E-state index >= 15 is 0 Å². The highest BCUT2D eigenvalue weighted by atomic mass is 35.5. The molecule has 2 N–H and O–H groups in total. The number of Topliss-reactive ketones (excluding diaryl/α,β-unsaturated/α-hetero) is 1. The Kier molecular flexibility index (Phi) is 3.44. The van der Waals surface area contributed by atoms with Crippen LogP contribution >= 0.6 is 22.9 Å². The van der Waals surface area contributed by atoms with Crippen molar-refractivity contribution >= 4 is 28.7 Å². The van der Waals surface area contributed by atoms with Crippen LogP contribution in [0.25, 0.3) is 0 Å². The van der Waals surface area contributed by atoms with Crippen LogP contribution < -0.4 is 5.73 Å². The van der Waals surface area contributed by atoms with Crippen molar-refractivity contribution in [3.8, 4) is 0 Å². The molecule has 1 aromatic heterocycles. The van der Waals surface area contributed by atoms with Gasteiger partial charge in [-0.3, -0.25) is 4.79 Å². The third-order valence-corrected chi connectivity index (χ3v) is 4.14. The fourth-order valence-electron chi connectivity index (χ4n) is 2.16. The van der Waals surface area contributed by atoms with E-state index in [1.807, 2.05) is 11.4 Å². The van der Waals surface area contributed by atoms with Gasteiger partial charge in [-0.1, -0.05) is 11.6 Å². The molecule has 2 atom stereocenters. The van der Waals surface area contributed by atoms with Crippen LogP contribution in [0.2, 0.25) is 4.34 Å². The van der Waals surface area contributed by atoms with E-state index in [1.54, 1.807) is 0 Å². The van der Waals surface area contributed by atoms with E-state index in [9.17, 15) is 4.79 Å². The average molecular weight is 244 g/mol. The van der Waals surface area contributed by atoms with E-state index in [0.717, 1.165) is 19.3 Å². The van der Waals surface area contributed by atoms with Crippen molar-refractivity contribution < 1.29 is 4.79 Å². The molecule has 0 aliphatic heterocycles. The van der Waals surface area contributed by atoms with Gasteiger partial charge < -0.3 is 5.73 Å². The minimum absolute atomic E-state index is 0.167. The summed E-state index contributed by atoms with van der Waals surface area (Å²) in [5, 5.41) is 1.86. The van der Waals surface area contributed by atoms with E-state index in [2.05, 4.69) is 0 Å². The Bertz CT molecular complexity index is 363. The SMILES string of the molecule is NC1CCC(CC(=O)c2ccsc2Cl)C1. The maximum atomic E-state index is 11.9. The molecule has 0 saturated heterocycles. The molecule has 4 heteroatoms. The summed E-state index contributed by atoms with van der Waals surface area (Å²) >= 11 is 7.33. The van der Waals surface area contributed by atoms with Gasteiger partial charge in [0, 0.05) is 18.0 Å². The summed E-state index contributed by atoms with van der Waals surface area (Å²) in [5.74, 6) is 0.629. The number of nitrogens with two attached hydrogens (primary N) is 1. The van der Waals surface area contributed by atoms with Crippen LogP contribution in [-0.4, -0.2) is 11.8 Å². The maximum Gasteiger partial charge on any atom is 0.165 e. The van der Waals surface area contributed by atoms with Gasteiger partial charge in [-0.15, -0.1) is 11.3 Å². The molecule has 82 valence electrons. The number of halogens is 1. The summed E-state index contributed by atoms with van der Waals surface area (Å²) in [5.41, 5.74) is 6.50. The molecule has 0 radical (unpaired) electrons. The number of hydrogen-bond donors (Lipinski definition) is 1. The van der Waals surface area contributed by atoms with Crippen LogP contribution in [0.4, 0.5) is 0 Å². The molecule has 0 bridgehead atoms. The first kappa shape index (κ1) is 11.1. The van der Waals surface area contributed by atoms with Gasteiger partial charge in [0.05, 0.1) is 0 Å². The lowest BCUT2D eigenvalue weighted by atomic mass is 9.98. The van der Waals surface area contributed by atoms with Gasteiger partial charge in [0.15, 0.2) is 5.78 Å². The molecule has 1 aliphatic carbocycles. The normalized spacial score (nSPS) is 25.7. The van der Waals surface area contributed by atoms with Crippen molar-refractivity contribution in [1.29, 1.82) is 0 Å². The van der Waals surface area contributed by atoms with E-state index in [-0.39, 0.29) is 5.78 Å². The van der Waals surface area contributed by atoms with Crippen LogP contribution in [0.3, 0.4) is 0 Å². The lowest BCUT2D eigenvalue weighted by molar-refractivity contribution is 0.0962.